The molecule has 3 rings (SSSR count). The Hall–Kier alpha value is -2.62. The average molecular weight is 393 g/mol. The van der Waals surface area contributed by atoms with Crippen molar-refractivity contribution in [2.45, 2.75) is 11.0 Å². The van der Waals surface area contributed by atoms with Crippen molar-refractivity contribution in [2.24, 2.45) is 0 Å². The van der Waals surface area contributed by atoms with Crippen LogP contribution in [-0.2, 0) is 14.8 Å². The third-order valence-corrected chi connectivity index (χ3v) is 5.44. The highest BCUT2D eigenvalue weighted by atomic mass is 32.2. The van der Waals surface area contributed by atoms with Crippen molar-refractivity contribution < 1.29 is 32.5 Å². The van der Waals surface area contributed by atoms with Gasteiger partial charge in [-0.05, 0) is 42.0 Å². The number of ether oxygens (including phenoxy) is 3. The summed E-state index contributed by atoms with van der Waals surface area (Å²) >= 11 is 0. The van der Waals surface area contributed by atoms with E-state index >= 15 is 0 Å². The molecule has 1 atom stereocenters. The van der Waals surface area contributed by atoms with Crippen molar-refractivity contribution in [3.05, 3.63) is 53.6 Å². The lowest BCUT2D eigenvalue weighted by atomic mass is 10.1. The van der Waals surface area contributed by atoms with Crippen molar-refractivity contribution in [1.29, 1.82) is 0 Å². The normalized spacial score (nSPS) is 14.4. The van der Waals surface area contributed by atoms with E-state index in [1.807, 2.05) is 0 Å². The number of carbonyl (C=O) groups is 1. The number of aliphatic hydroxyl groups is 1. The minimum absolute atomic E-state index is 0.0236. The van der Waals surface area contributed by atoms with E-state index in [0.717, 1.165) is 0 Å². The molecule has 2 aromatic rings. The fourth-order valence-electron chi connectivity index (χ4n) is 2.55. The van der Waals surface area contributed by atoms with Crippen LogP contribution in [0.3, 0.4) is 0 Å². The molecular weight excluding hydrogens is 374 g/mol. The summed E-state index contributed by atoms with van der Waals surface area (Å²) in [5, 5.41) is 10.3. The van der Waals surface area contributed by atoms with Crippen LogP contribution in [0.25, 0.3) is 0 Å². The van der Waals surface area contributed by atoms with Crippen LogP contribution in [0.15, 0.2) is 47.4 Å². The first-order valence-electron chi connectivity index (χ1n) is 8.16. The third kappa shape index (κ3) is 4.38. The molecule has 0 radical (unpaired) electrons. The maximum Gasteiger partial charge on any atom is 0.337 e. The lowest BCUT2D eigenvalue weighted by Gasteiger charge is -2.20. The number of sulfonamides is 1. The predicted molar refractivity (Wildman–Crippen MR) is 95.4 cm³/mol. The molecule has 1 aliphatic rings. The largest absolute Gasteiger partial charge is 0.486 e. The number of aliphatic hydroxyl groups excluding tert-OH is 1. The van der Waals surface area contributed by atoms with Crippen LogP contribution in [0.2, 0.25) is 0 Å². The molecule has 0 bridgehead atoms. The van der Waals surface area contributed by atoms with Crippen LogP contribution in [0.5, 0.6) is 11.5 Å². The molecule has 0 aromatic heterocycles. The smallest absolute Gasteiger partial charge is 0.337 e. The Morgan fingerprint density at radius 1 is 1.15 bits per heavy atom. The van der Waals surface area contributed by atoms with E-state index in [2.05, 4.69) is 9.46 Å². The zero-order valence-corrected chi connectivity index (χ0v) is 15.4. The van der Waals surface area contributed by atoms with Crippen LogP contribution in [0, 0.1) is 0 Å². The highest BCUT2D eigenvalue weighted by molar-refractivity contribution is 7.89. The minimum atomic E-state index is -3.85. The number of hydrogen-bond acceptors (Lipinski definition) is 7. The number of methoxy groups -OCH3 is 1. The van der Waals surface area contributed by atoms with Crippen molar-refractivity contribution in [3.63, 3.8) is 0 Å². The fraction of sp³-hybridized carbons (Fsp3) is 0.278. The first kappa shape index (κ1) is 19.2. The predicted octanol–water partition coefficient (Wildman–Crippen LogP) is 1.26. The Kier molecular flexibility index (Phi) is 5.64. The summed E-state index contributed by atoms with van der Waals surface area (Å²) in [5.41, 5.74) is 0.746. The van der Waals surface area contributed by atoms with Crippen LogP contribution in [-0.4, -0.2) is 46.4 Å². The van der Waals surface area contributed by atoms with Gasteiger partial charge in [0.1, 0.15) is 13.2 Å². The van der Waals surface area contributed by atoms with Gasteiger partial charge in [-0.3, -0.25) is 0 Å². The molecule has 144 valence electrons. The van der Waals surface area contributed by atoms with Gasteiger partial charge in [0.15, 0.2) is 11.5 Å². The maximum atomic E-state index is 12.4. The van der Waals surface area contributed by atoms with Crippen molar-refractivity contribution in [3.8, 4) is 11.5 Å². The number of benzene rings is 2. The Morgan fingerprint density at radius 2 is 1.81 bits per heavy atom. The second-order valence-electron chi connectivity index (χ2n) is 5.79. The van der Waals surface area contributed by atoms with Gasteiger partial charge < -0.3 is 19.3 Å². The molecule has 2 N–H and O–H groups in total. The van der Waals surface area contributed by atoms with Crippen molar-refractivity contribution in [2.75, 3.05) is 26.9 Å². The van der Waals surface area contributed by atoms with E-state index in [4.69, 9.17) is 9.47 Å². The average Bonchev–Trinajstić information content (AvgIpc) is 2.71. The molecule has 1 unspecified atom stereocenters. The van der Waals surface area contributed by atoms with Crippen LogP contribution < -0.4 is 14.2 Å². The highest BCUT2D eigenvalue weighted by Crippen LogP contribution is 2.32. The highest BCUT2D eigenvalue weighted by Gasteiger charge is 2.19. The molecule has 27 heavy (non-hydrogen) atoms. The molecule has 0 aliphatic carbocycles. The fourth-order valence-corrected chi connectivity index (χ4v) is 3.58. The van der Waals surface area contributed by atoms with Gasteiger partial charge in [-0.2, -0.15) is 0 Å². The summed E-state index contributed by atoms with van der Waals surface area (Å²) in [6, 6.07) is 10.3. The summed E-state index contributed by atoms with van der Waals surface area (Å²) in [6.45, 7) is 0.658. The first-order valence-corrected chi connectivity index (χ1v) is 9.64. The van der Waals surface area contributed by atoms with Gasteiger partial charge >= 0.3 is 5.97 Å². The first-order chi connectivity index (χ1) is 12.9. The Bertz CT molecular complexity index is 925. The molecule has 1 aliphatic heterocycles. The number of nitrogens with one attached hydrogen (secondary N) is 1. The monoisotopic (exact) mass is 393 g/mol. The van der Waals surface area contributed by atoms with Gasteiger partial charge in [-0.15, -0.1) is 0 Å². The maximum absolute atomic E-state index is 12.4. The number of hydrogen-bond donors (Lipinski definition) is 2. The Balaban J connectivity index is 1.67. The molecule has 2 aromatic carbocycles. The van der Waals surface area contributed by atoms with E-state index in [1.54, 1.807) is 18.2 Å². The van der Waals surface area contributed by atoms with E-state index in [-0.39, 0.29) is 17.0 Å². The number of carbonyl (C=O) groups excluding carboxylic acids is 1. The third-order valence-electron chi connectivity index (χ3n) is 4.00. The van der Waals surface area contributed by atoms with E-state index in [9.17, 15) is 18.3 Å². The molecule has 9 heteroatoms. The van der Waals surface area contributed by atoms with Gasteiger partial charge in [0, 0.05) is 6.54 Å². The summed E-state index contributed by atoms with van der Waals surface area (Å²) in [7, 11) is -2.60. The van der Waals surface area contributed by atoms with Gasteiger partial charge in [-0.25, -0.2) is 17.9 Å². The summed E-state index contributed by atoms with van der Waals surface area (Å²) in [4.78, 5) is 11.4. The zero-order valence-electron chi connectivity index (χ0n) is 14.5. The number of esters is 1. The van der Waals surface area contributed by atoms with Crippen molar-refractivity contribution in [1.82, 2.24) is 4.72 Å². The van der Waals surface area contributed by atoms with E-state index in [1.165, 1.54) is 31.4 Å². The number of fused-ring (bicyclic) bond motifs is 1. The molecular formula is C18H19NO7S. The topological polar surface area (TPSA) is 111 Å². The SMILES string of the molecule is COC(=O)c1ccc(S(=O)(=O)NCC(O)c2ccc3c(c2)OCCO3)cc1. The summed E-state index contributed by atoms with van der Waals surface area (Å²) in [5.74, 6) is 0.545. The lowest BCUT2D eigenvalue weighted by molar-refractivity contribution is 0.0600. The molecule has 8 nitrogen and oxygen atoms in total. The molecule has 0 saturated carbocycles. The lowest BCUT2D eigenvalue weighted by Crippen LogP contribution is -2.28. The standard InChI is InChI=1S/C18H19NO7S/c1-24-18(21)12-2-5-14(6-3-12)27(22,23)19-11-15(20)13-4-7-16-17(10-13)26-9-8-25-16/h2-7,10,15,19-20H,8-9,11H2,1H3. The van der Waals surface area contributed by atoms with Gasteiger partial charge in [0.05, 0.1) is 23.7 Å². The van der Waals surface area contributed by atoms with Crippen LogP contribution >= 0.6 is 0 Å². The second-order valence-corrected chi connectivity index (χ2v) is 7.55. The second kappa shape index (κ2) is 7.95. The van der Waals surface area contributed by atoms with Gasteiger partial charge in [-0.1, -0.05) is 6.07 Å². The van der Waals surface area contributed by atoms with Gasteiger partial charge in [0.25, 0.3) is 0 Å². The van der Waals surface area contributed by atoms with Crippen molar-refractivity contribution >= 4 is 16.0 Å². The molecule has 0 fully saturated rings. The van der Waals surface area contributed by atoms with Crippen LogP contribution in [0.4, 0.5) is 0 Å². The number of rotatable bonds is 6. The van der Waals surface area contributed by atoms with E-state index < -0.39 is 22.1 Å². The summed E-state index contributed by atoms with van der Waals surface area (Å²) in [6.07, 6.45) is -1.06. The van der Waals surface area contributed by atoms with Crippen LogP contribution in [0.1, 0.15) is 22.0 Å². The minimum Gasteiger partial charge on any atom is -0.486 e. The Labute approximate surface area is 156 Å². The molecule has 0 spiro atoms. The molecule has 0 saturated heterocycles. The quantitative estimate of drug-likeness (QED) is 0.711. The Morgan fingerprint density at radius 3 is 2.48 bits per heavy atom. The molecule has 1 heterocycles. The summed E-state index contributed by atoms with van der Waals surface area (Å²) < 4.78 is 42.5. The zero-order chi connectivity index (χ0) is 19.4. The van der Waals surface area contributed by atoms with Gasteiger partial charge in [0.2, 0.25) is 10.0 Å². The molecule has 0 amide bonds. The van der Waals surface area contributed by atoms with E-state index in [0.29, 0.717) is 30.3 Å².